The van der Waals surface area contributed by atoms with Crippen molar-refractivity contribution in [3.8, 4) is 0 Å². The molecule has 1 aromatic heterocycles. The summed E-state index contributed by atoms with van der Waals surface area (Å²) in [5, 5.41) is 5.15. The lowest BCUT2D eigenvalue weighted by atomic mass is 10.3. The lowest BCUT2D eigenvalue weighted by molar-refractivity contribution is -0.129. The lowest BCUT2D eigenvalue weighted by Gasteiger charge is -2.23. The monoisotopic (exact) mass is 302 g/mol. The molecule has 106 valence electrons. The molecular weight excluding hydrogens is 284 g/mol. The molecule has 0 aromatic carbocycles. The Morgan fingerprint density at radius 3 is 2.79 bits per heavy atom. The maximum atomic E-state index is 12.1. The normalized spacial score (nSPS) is 24.1. The number of sulfone groups is 1. The van der Waals surface area contributed by atoms with Crippen molar-refractivity contribution in [1.82, 2.24) is 10.2 Å². The number of amides is 1. The molecule has 1 N–H and O–H groups in total. The predicted molar refractivity (Wildman–Crippen MR) is 75.7 cm³/mol. The highest BCUT2D eigenvalue weighted by atomic mass is 32.2. The maximum Gasteiger partial charge on any atom is 0.241 e. The van der Waals surface area contributed by atoms with Gasteiger partial charge in [0.25, 0.3) is 0 Å². The summed E-state index contributed by atoms with van der Waals surface area (Å²) in [6.45, 7) is 3.67. The molecule has 1 aliphatic heterocycles. The van der Waals surface area contributed by atoms with Crippen molar-refractivity contribution in [2.75, 3.05) is 18.1 Å². The van der Waals surface area contributed by atoms with Gasteiger partial charge in [-0.1, -0.05) is 13.0 Å². The molecule has 1 aliphatic rings. The zero-order valence-electron chi connectivity index (χ0n) is 11.0. The fourth-order valence-electron chi connectivity index (χ4n) is 2.08. The quantitative estimate of drug-likeness (QED) is 0.881. The third kappa shape index (κ3) is 3.16. The first-order chi connectivity index (χ1) is 8.94. The van der Waals surface area contributed by atoms with Crippen LogP contribution in [0.3, 0.4) is 0 Å². The van der Waals surface area contributed by atoms with Gasteiger partial charge >= 0.3 is 0 Å². The van der Waals surface area contributed by atoms with E-state index in [0.717, 1.165) is 4.88 Å². The molecule has 1 aromatic rings. The van der Waals surface area contributed by atoms with Gasteiger partial charge in [0.15, 0.2) is 9.84 Å². The van der Waals surface area contributed by atoms with Crippen molar-refractivity contribution in [2.24, 2.45) is 0 Å². The van der Waals surface area contributed by atoms with Crippen molar-refractivity contribution in [2.45, 2.75) is 26.1 Å². The lowest BCUT2D eigenvalue weighted by Crippen LogP contribution is -2.34. The molecule has 1 saturated heterocycles. The van der Waals surface area contributed by atoms with Crippen LogP contribution in [-0.2, 0) is 14.6 Å². The van der Waals surface area contributed by atoms with Gasteiger partial charge in [0, 0.05) is 17.2 Å². The molecule has 19 heavy (non-hydrogen) atoms. The van der Waals surface area contributed by atoms with Crippen LogP contribution in [0.5, 0.6) is 0 Å². The van der Waals surface area contributed by atoms with E-state index in [1.54, 1.807) is 30.1 Å². The Labute approximate surface area is 117 Å². The van der Waals surface area contributed by atoms with E-state index >= 15 is 0 Å². The molecule has 0 bridgehead atoms. The molecule has 1 fully saturated rings. The molecule has 2 heterocycles. The summed E-state index contributed by atoms with van der Waals surface area (Å²) in [6, 6.07) is 3.61. The first-order valence-corrected chi connectivity index (χ1v) is 8.95. The molecule has 5 nitrogen and oxygen atoms in total. The van der Waals surface area contributed by atoms with Gasteiger partial charge < -0.3 is 4.90 Å². The van der Waals surface area contributed by atoms with Crippen LogP contribution in [-0.4, -0.2) is 43.3 Å². The fraction of sp³-hybridized carbons (Fsp3) is 0.583. The van der Waals surface area contributed by atoms with Crippen LogP contribution in [0.4, 0.5) is 0 Å². The number of hydrogen-bond donors (Lipinski definition) is 1. The summed E-state index contributed by atoms with van der Waals surface area (Å²) >= 11 is 1.56. The number of carbonyl (C=O) groups is 1. The molecular formula is C12H18N2O3S2. The molecule has 0 aliphatic carbocycles. The van der Waals surface area contributed by atoms with Gasteiger partial charge in [-0.25, -0.2) is 8.42 Å². The van der Waals surface area contributed by atoms with E-state index < -0.39 is 9.84 Å². The van der Waals surface area contributed by atoms with Crippen LogP contribution in [0.15, 0.2) is 17.5 Å². The minimum atomic E-state index is -3.06. The SMILES string of the molecule is CCS(=O)(=O)CCN1C(=O)C(C)NC1c1cccs1. The number of hydrogen-bond acceptors (Lipinski definition) is 5. The Bertz CT molecular complexity index is 539. The van der Waals surface area contributed by atoms with Gasteiger partial charge in [-0.05, 0) is 18.4 Å². The van der Waals surface area contributed by atoms with Crippen LogP contribution in [0.1, 0.15) is 24.9 Å². The molecule has 0 spiro atoms. The van der Waals surface area contributed by atoms with Crippen LogP contribution in [0, 0.1) is 0 Å². The summed E-state index contributed by atoms with van der Waals surface area (Å²) in [5.41, 5.74) is 0. The van der Waals surface area contributed by atoms with Crippen molar-refractivity contribution >= 4 is 27.1 Å². The van der Waals surface area contributed by atoms with E-state index in [-0.39, 0.29) is 36.2 Å². The summed E-state index contributed by atoms with van der Waals surface area (Å²) in [5.74, 6) is 0.0948. The summed E-state index contributed by atoms with van der Waals surface area (Å²) in [6.07, 6.45) is -0.199. The fourth-order valence-corrected chi connectivity index (χ4v) is 3.64. The Balaban J connectivity index is 2.13. The molecule has 1 amide bonds. The largest absolute Gasteiger partial charge is 0.320 e. The van der Waals surface area contributed by atoms with Gasteiger partial charge in [0.2, 0.25) is 5.91 Å². The number of rotatable bonds is 5. The van der Waals surface area contributed by atoms with E-state index in [4.69, 9.17) is 0 Å². The highest BCUT2D eigenvalue weighted by molar-refractivity contribution is 7.91. The molecule has 2 atom stereocenters. The summed E-state index contributed by atoms with van der Waals surface area (Å²) < 4.78 is 23.2. The highest BCUT2D eigenvalue weighted by Crippen LogP contribution is 2.28. The third-order valence-corrected chi connectivity index (χ3v) is 5.88. The van der Waals surface area contributed by atoms with Crippen LogP contribution in [0.2, 0.25) is 0 Å². The topological polar surface area (TPSA) is 66.5 Å². The third-order valence-electron chi connectivity index (χ3n) is 3.27. The number of nitrogens with zero attached hydrogens (tertiary/aromatic N) is 1. The first-order valence-electron chi connectivity index (χ1n) is 6.25. The van der Waals surface area contributed by atoms with E-state index in [0.29, 0.717) is 0 Å². The minimum Gasteiger partial charge on any atom is -0.320 e. The second-order valence-electron chi connectivity index (χ2n) is 4.57. The molecule has 7 heteroatoms. The van der Waals surface area contributed by atoms with Gasteiger partial charge in [0.1, 0.15) is 6.17 Å². The Kier molecular flexibility index (Phi) is 4.27. The molecule has 0 radical (unpaired) electrons. The van der Waals surface area contributed by atoms with E-state index in [1.165, 1.54) is 0 Å². The maximum absolute atomic E-state index is 12.1. The zero-order chi connectivity index (χ0) is 14.0. The first kappa shape index (κ1) is 14.5. The second kappa shape index (κ2) is 5.60. The van der Waals surface area contributed by atoms with Gasteiger partial charge in [-0.3, -0.25) is 10.1 Å². The Morgan fingerprint density at radius 2 is 2.21 bits per heavy atom. The number of thiophene rings is 1. The van der Waals surface area contributed by atoms with Gasteiger partial charge in [0.05, 0.1) is 11.8 Å². The second-order valence-corrected chi connectivity index (χ2v) is 8.03. The van der Waals surface area contributed by atoms with Crippen molar-refractivity contribution in [3.63, 3.8) is 0 Å². The minimum absolute atomic E-state index is 0.0194. The van der Waals surface area contributed by atoms with E-state index in [2.05, 4.69) is 5.32 Å². The smallest absolute Gasteiger partial charge is 0.241 e. The number of nitrogens with one attached hydrogen (secondary N) is 1. The van der Waals surface area contributed by atoms with E-state index in [9.17, 15) is 13.2 Å². The Hall–Kier alpha value is -0.920. The average Bonchev–Trinajstić information content (AvgIpc) is 2.98. The van der Waals surface area contributed by atoms with Crippen LogP contribution in [0.25, 0.3) is 0 Å². The van der Waals surface area contributed by atoms with Gasteiger partial charge in [-0.15, -0.1) is 11.3 Å². The molecule has 2 unspecified atom stereocenters. The van der Waals surface area contributed by atoms with E-state index in [1.807, 2.05) is 17.5 Å². The van der Waals surface area contributed by atoms with Crippen molar-refractivity contribution in [1.29, 1.82) is 0 Å². The molecule has 2 rings (SSSR count). The average molecular weight is 302 g/mol. The summed E-state index contributed by atoms with van der Waals surface area (Å²) in [4.78, 5) is 14.8. The predicted octanol–water partition coefficient (Wildman–Crippen LogP) is 1.00. The van der Waals surface area contributed by atoms with Gasteiger partial charge in [-0.2, -0.15) is 0 Å². The zero-order valence-corrected chi connectivity index (χ0v) is 12.6. The van der Waals surface area contributed by atoms with Crippen LogP contribution >= 0.6 is 11.3 Å². The van der Waals surface area contributed by atoms with Crippen molar-refractivity contribution < 1.29 is 13.2 Å². The number of carbonyl (C=O) groups excluding carboxylic acids is 1. The van der Waals surface area contributed by atoms with Crippen LogP contribution < -0.4 is 5.32 Å². The standard InChI is InChI=1S/C12H18N2O3S2/c1-3-19(16,17)8-6-14-11(10-5-4-7-18-10)13-9(2)12(14)15/h4-5,7,9,11,13H,3,6,8H2,1-2H3. The molecule has 0 saturated carbocycles. The highest BCUT2D eigenvalue weighted by Gasteiger charge is 2.37. The Morgan fingerprint density at radius 1 is 1.47 bits per heavy atom. The van der Waals surface area contributed by atoms with Crippen molar-refractivity contribution in [3.05, 3.63) is 22.4 Å². The summed E-state index contributed by atoms with van der Waals surface area (Å²) in [7, 11) is -3.06.